The molecule has 0 bridgehead atoms. The van der Waals surface area contributed by atoms with Gasteiger partial charge in [-0.25, -0.2) is 19.5 Å². The molecule has 23 heavy (non-hydrogen) atoms. The number of carbonyl (C=O) groups is 1. The highest BCUT2D eigenvalue weighted by atomic mass is 16.2. The molecular weight excluding hydrogens is 294 g/mol. The molecule has 112 valence electrons. The Labute approximate surface area is 131 Å². The summed E-state index contributed by atoms with van der Waals surface area (Å²) in [5, 5.41) is 13.3. The lowest BCUT2D eigenvalue weighted by atomic mass is 10.1. The molecule has 0 spiro atoms. The molecule has 1 unspecified atom stereocenters. The first kappa shape index (κ1) is 13.3. The van der Waals surface area contributed by atoms with Gasteiger partial charge in [-0.2, -0.15) is 10.4 Å². The van der Waals surface area contributed by atoms with Crippen LogP contribution in [0.5, 0.6) is 0 Å². The van der Waals surface area contributed by atoms with E-state index in [4.69, 9.17) is 5.26 Å². The van der Waals surface area contributed by atoms with E-state index >= 15 is 0 Å². The monoisotopic (exact) mass is 305 g/mol. The molecule has 1 aliphatic heterocycles. The fourth-order valence-corrected chi connectivity index (χ4v) is 2.69. The Morgan fingerprint density at radius 3 is 2.87 bits per heavy atom. The van der Waals surface area contributed by atoms with Gasteiger partial charge in [-0.3, -0.25) is 9.69 Å². The molecule has 0 saturated carbocycles. The van der Waals surface area contributed by atoms with Gasteiger partial charge in [0.25, 0.3) is 0 Å². The molecule has 0 radical (unpaired) electrons. The molecule has 0 N–H and O–H groups in total. The van der Waals surface area contributed by atoms with E-state index in [1.165, 1.54) is 6.33 Å². The zero-order valence-corrected chi connectivity index (χ0v) is 12.0. The lowest BCUT2D eigenvalue weighted by Crippen LogP contribution is -2.28. The largest absolute Gasteiger partial charge is 0.294 e. The highest BCUT2D eigenvalue weighted by Crippen LogP contribution is 2.29. The first-order valence-electron chi connectivity index (χ1n) is 7.08. The molecule has 1 aliphatic rings. The van der Waals surface area contributed by atoms with Gasteiger partial charge >= 0.3 is 0 Å². The maximum absolute atomic E-state index is 12.4. The minimum Gasteiger partial charge on any atom is -0.294 e. The smallest absolute Gasteiger partial charge is 0.245 e. The molecule has 4 rings (SSSR count). The molecule has 0 aliphatic carbocycles. The zero-order valence-electron chi connectivity index (χ0n) is 12.0. The van der Waals surface area contributed by atoms with E-state index in [0.717, 1.165) is 11.1 Å². The van der Waals surface area contributed by atoms with Crippen LogP contribution in [0.2, 0.25) is 0 Å². The molecule has 4 heterocycles. The van der Waals surface area contributed by atoms with E-state index in [-0.39, 0.29) is 5.91 Å². The van der Waals surface area contributed by atoms with Crippen LogP contribution >= 0.6 is 0 Å². The number of hydrogen-bond acceptors (Lipinski definition) is 6. The summed E-state index contributed by atoms with van der Waals surface area (Å²) in [4.78, 5) is 26.5. The lowest BCUT2D eigenvalue weighted by Gasteiger charge is -2.17. The van der Waals surface area contributed by atoms with Gasteiger partial charge in [0.05, 0.1) is 24.2 Å². The number of carbonyl (C=O) groups excluding carboxylic acids is 1. The average molecular weight is 305 g/mol. The summed E-state index contributed by atoms with van der Waals surface area (Å²) >= 11 is 0. The Morgan fingerprint density at radius 2 is 2.13 bits per heavy atom. The number of hydrogen-bond donors (Lipinski definition) is 0. The first-order chi connectivity index (χ1) is 11.3. The van der Waals surface area contributed by atoms with Crippen molar-refractivity contribution in [3.8, 4) is 17.3 Å². The molecule has 0 aromatic carbocycles. The maximum atomic E-state index is 12.4. The zero-order chi connectivity index (χ0) is 15.8. The summed E-state index contributed by atoms with van der Waals surface area (Å²) in [6.07, 6.45) is 8.67. The van der Waals surface area contributed by atoms with E-state index in [2.05, 4.69) is 20.1 Å². The van der Waals surface area contributed by atoms with Crippen LogP contribution in [0.15, 0.2) is 37.2 Å². The van der Waals surface area contributed by atoms with Gasteiger partial charge in [-0.1, -0.05) is 0 Å². The molecule has 1 fully saturated rings. The molecular formula is C15H11N7O. The molecule has 8 nitrogen and oxygen atoms in total. The van der Waals surface area contributed by atoms with Gasteiger partial charge in [0.1, 0.15) is 17.8 Å². The fraction of sp³-hybridized carbons (Fsp3) is 0.200. The van der Waals surface area contributed by atoms with E-state index in [9.17, 15) is 4.79 Å². The highest BCUT2D eigenvalue weighted by molar-refractivity contribution is 6.01. The summed E-state index contributed by atoms with van der Waals surface area (Å²) < 4.78 is 1.66. The molecule has 1 atom stereocenters. The van der Waals surface area contributed by atoms with Gasteiger partial charge < -0.3 is 0 Å². The predicted octanol–water partition coefficient (Wildman–Crippen LogP) is 1.06. The Morgan fingerprint density at radius 1 is 1.30 bits per heavy atom. The van der Waals surface area contributed by atoms with Crippen LogP contribution in [0.4, 0.5) is 5.82 Å². The Hall–Kier alpha value is -3.34. The number of fused-ring (bicyclic) bond motifs is 1. The van der Waals surface area contributed by atoms with Crippen molar-refractivity contribution in [3.63, 3.8) is 0 Å². The van der Waals surface area contributed by atoms with Crippen molar-refractivity contribution in [3.05, 3.63) is 37.2 Å². The number of amides is 1. The molecule has 3 aromatic rings. The lowest BCUT2D eigenvalue weighted by molar-refractivity contribution is -0.119. The predicted molar refractivity (Wildman–Crippen MR) is 80.1 cm³/mol. The Kier molecular flexibility index (Phi) is 2.98. The van der Waals surface area contributed by atoms with Crippen molar-refractivity contribution in [1.82, 2.24) is 24.6 Å². The van der Waals surface area contributed by atoms with E-state index < -0.39 is 5.92 Å². The highest BCUT2D eigenvalue weighted by Gasteiger charge is 2.34. The summed E-state index contributed by atoms with van der Waals surface area (Å²) in [6, 6.07) is 3.83. The van der Waals surface area contributed by atoms with Crippen LogP contribution in [0.25, 0.3) is 16.8 Å². The quantitative estimate of drug-likeness (QED) is 0.702. The van der Waals surface area contributed by atoms with Gasteiger partial charge in [0.15, 0.2) is 5.82 Å². The second-order valence-corrected chi connectivity index (χ2v) is 5.20. The third kappa shape index (κ3) is 2.10. The number of anilines is 1. The van der Waals surface area contributed by atoms with Crippen molar-refractivity contribution in [2.75, 3.05) is 11.4 Å². The Bertz CT molecular complexity index is 928. The van der Waals surface area contributed by atoms with Gasteiger partial charge in [0.2, 0.25) is 5.91 Å². The van der Waals surface area contributed by atoms with Crippen LogP contribution < -0.4 is 4.90 Å². The minimum atomic E-state index is -0.608. The topological polar surface area (TPSA) is 100 Å². The first-order valence-corrected chi connectivity index (χ1v) is 7.08. The third-order valence-corrected chi connectivity index (χ3v) is 3.84. The summed E-state index contributed by atoms with van der Waals surface area (Å²) in [5.41, 5.74) is 2.07. The van der Waals surface area contributed by atoms with Crippen LogP contribution in [0, 0.1) is 17.2 Å². The van der Waals surface area contributed by atoms with Crippen LogP contribution in [-0.2, 0) is 4.79 Å². The second-order valence-electron chi connectivity index (χ2n) is 5.20. The fourth-order valence-electron chi connectivity index (χ4n) is 2.69. The van der Waals surface area contributed by atoms with Crippen molar-refractivity contribution in [1.29, 1.82) is 5.26 Å². The van der Waals surface area contributed by atoms with E-state index in [1.54, 1.807) is 40.3 Å². The van der Waals surface area contributed by atoms with Crippen molar-refractivity contribution < 1.29 is 4.79 Å². The molecule has 1 saturated heterocycles. The molecule has 1 amide bonds. The molecule has 3 aromatic heterocycles. The third-order valence-electron chi connectivity index (χ3n) is 3.84. The van der Waals surface area contributed by atoms with Crippen LogP contribution in [-0.4, -0.2) is 37.0 Å². The number of rotatable bonds is 2. The van der Waals surface area contributed by atoms with Gasteiger partial charge in [-0.15, -0.1) is 0 Å². The second kappa shape index (κ2) is 5.14. The number of nitriles is 1. The van der Waals surface area contributed by atoms with E-state index in [1.807, 2.05) is 6.07 Å². The van der Waals surface area contributed by atoms with Gasteiger partial charge in [-0.05, 0) is 12.5 Å². The average Bonchev–Trinajstić information content (AvgIpc) is 3.21. The molecule has 8 heteroatoms. The normalized spacial score (nSPS) is 17.6. The van der Waals surface area contributed by atoms with Crippen LogP contribution in [0.3, 0.4) is 0 Å². The number of nitrogens with zero attached hydrogens (tertiary/aromatic N) is 7. The summed E-state index contributed by atoms with van der Waals surface area (Å²) in [5.74, 6) is -0.320. The number of aromatic nitrogens is 5. The van der Waals surface area contributed by atoms with E-state index in [0.29, 0.717) is 24.5 Å². The van der Waals surface area contributed by atoms with Crippen LogP contribution in [0.1, 0.15) is 6.42 Å². The van der Waals surface area contributed by atoms with Crippen molar-refractivity contribution in [2.45, 2.75) is 6.42 Å². The maximum Gasteiger partial charge on any atom is 0.245 e. The standard InChI is InChI=1S/C15H11N7O/c16-5-10-2-4-21(15(10)23)14-13-1-3-19-22(13)8-12(20-14)11-6-17-9-18-7-11/h1,3,6-10H,2,4H2. The summed E-state index contributed by atoms with van der Waals surface area (Å²) in [7, 11) is 0. The summed E-state index contributed by atoms with van der Waals surface area (Å²) in [6.45, 7) is 0.472. The minimum absolute atomic E-state index is 0.218. The van der Waals surface area contributed by atoms with Gasteiger partial charge in [0, 0.05) is 24.5 Å². The van der Waals surface area contributed by atoms with Crippen molar-refractivity contribution in [2.24, 2.45) is 5.92 Å². The Balaban J connectivity index is 1.88. The SMILES string of the molecule is N#CC1CCN(c2nc(-c3cncnc3)cn3nccc23)C1=O. The van der Waals surface area contributed by atoms with Crippen molar-refractivity contribution >= 4 is 17.2 Å².